The Bertz CT molecular complexity index is 3790. The van der Waals surface area contributed by atoms with E-state index in [2.05, 4.69) is 211 Å². The van der Waals surface area contributed by atoms with Gasteiger partial charge in [0, 0.05) is 32.8 Å². The second-order valence-corrected chi connectivity index (χ2v) is 16.8. The van der Waals surface area contributed by atoms with Gasteiger partial charge in [0.05, 0.1) is 39.4 Å². The van der Waals surface area contributed by atoms with Crippen molar-refractivity contribution in [1.29, 1.82) is 0 Å². The number of hydrogen-bond donors (Lipinski definition) is 0. The highest BCUT2D eigenvalue weighted by Crippen LogP contribution is 2.63. The summed E-state index contributed by atoms with van der Waals surface area (Å²) >= 11 is 0. The largest absolute Gasteiger partial charge is 0.309 e. The smallest absolute Gasteiger partial charge is 0.0979 e. The molecule has 2 heterocycles. The van der Waals surface area contributed by atoms with Crippen LogP contribution in [0.5, 0.6) is 0 Å². The van der Waals surface area contributed by atoms with E-state index in [1.54, 1.807) is 0 Å². The first kappa shape index (κ1) is 33.7. The lowest BCUT2D eigenvalue weighted by atomic mass is 9.70. The highest BCUT2D eigenvalue weighted by molar-refractivity contribution is 6.23. The van der Waals surface area contributed by atoms with Gasteiger partial charge >= 0.3 is 0 Å². The molecule has 3 heteroatoms. The molecule has 0 bridgehead atoms. The van der Waals surface area contributed by atoms with Crippen LogP contribution in [0.25, 0.3) is 105 Å². The zero-order valence-electron chi connectivity index (χ0n) is 33.5. The second kappa shape index (κ2) is 12.4. The quantitative estimate of drug-likeness (QED) is 0.167. The van der Waals surface area contributed by atoms with Crippen molar-refractivity contribution in [2.24, 2.45) is 0 Å². The number of fused-ring (bicyclic) bond motifs is 19. The van der Waals surface area contributed by atoms with E-state index in [9.17, 15) is 0 Å². The number of hydrogen-bond acceptors (Lipinski definition) is 2. The summed E-state index contributed by atoms with van der Waals surface area (Å²) in [4.78, 5) is 10.6. The molecular formula is C59H35N3. The predicted molar refractivity (Wildman–Crippen MR) is 256 cm³/mol. The fourth-order valence-corrected chi connectivity index (χ4v) is 11.2. The van der Waals surface area contributed by atoms with Gasteiger partial charge in [-0.05, 0) is 109 Å². The minimum atomic E-state index is -0.523. The van der Waals surface area contributed by atoms with Crippen LogP contribution in [0.3, 0.4) is 0 Å². The van der Waals surface area contributed by atoms with Crippen LogP contribution in [0.15, 0.2) is 212 Å². The van der Waals surface area contributed by atoms with E-state index >= 15 is 0 Å². The number of benzene rings is 10. The van der Waals surface area contributed by atoms with Gasteiger partial charge in [-0.3, -0.25) is 4.98 Å². The van der Waals surface area contributed by atoms with Crippen molar-refractivity contribution in [1.82, 2.24) is 14.5 Å². The third-order valence-electron chi connectivity index (χ3n) is 13.8. The SMILES string of the molecule is c1ccc(-n2c3ccccc3c3cc(-c4ccc5c(c4)C4(c6ccccc6-c6ccccc64)c4cc(-c6cnc7c8ccccc8c8ccccc8c7n6)ccc4-5)ccc32)cc1. The molecule has 0 saturated heterocycles. The third kappa shape index (κ3) is 4.39. The summed E-state index contributed by atoms with van der Waals surface area (Å²) < 4.78 is 2.39. The zero-order chi connectivity index (χ0) is 40.5. The second-order valence-electron chi connectivity index (χ2n) is 16.8. The summed E-state index contributed by atoms with van der Waals surface area (Å²) in [5, 5.41) is 7.14. The molecule has 10 aromatic carbocycles. The highest BCUT2D eigenvalue weighted by Gasteiger charge is 2.51. The maximum Gasteiger partial charge on any atom is 0.0979 e. The van der Waals surface area contributed by atoms with Crippen molar-refractivity contribution in [2.45, 2.75) is 5.41 Å². The van der Waals surface area contributed by atoms with Gasteiger partial charge in [-0.15, -0.1) is 0 Å². The van der Waals surface area contributed by atoms with Gasteiger partial charge in [0.25, 0.3) is 0 Å². The molecule has 62 heavy (non-hydrogen) atoms. The van der Waals surface area contributed by atoms with Crippen LogP contribution in [0.1, 0.15) is 22.3 Å². The molecule has 0 amide bonds. The molecule has 1 spiro atoms. The summed E-state index contributed by atoms with van der Waals surface area (Å²) in [5.74, 6) is 0. The van der Waals surface area contributed by atoms with E-state index in [1.807, 2.05) is 6.20 Å². The van der Waals surface area contributed by atoms with Gasteiger partial charge in [-0.2, -0.15) is 0 Å². The lowest BCUT2D eigenvalue weighted by Crippen LogP contribution is -2.26. The van der Waals surface area contributed by atoms with Crippen LogP contribution in [0.4, 0.5) is 0 Å². The molecule has 2 aliphatic rings. The first-order valence-electron chi connectivity index (χ1n) is 21.4. The molecule has 0 fully saturated rings. The van der Waals surface area contributed by atoms with Gasteiger partial charge in [-0.25, -0.2) is 4.98 Å². The lowest BCUT2D eigenvalue weighted by molar-refractivity contribution is 0.794. The van der Waals surface area contributed by atoms with Crippen LogP contribution >= 0.6 is 0 Å². The fourth-order valence-electron chi connectivity index (χ4n) is 11.2. The summed E-state index contributed by atoms with van der Waals surface area (Å²) in [7, 11) is 0. The minimum absolute atomic E-state index is 0.523. The van der Waals surface area contributed by atoms with E-state index < -0.39 is 5.41 Å². The molecule has 0 unspecified atom stereocenters. The molecule has 0 radical (unpaired) electrons. The molecule has 14 rings (SSSR count). The number of aromatic nitrogens is 3. The average Bonchev–Trinajstić information content (AvgIpc) is 3.95. The molecule has 0 saturated carbocycles. The van der Waals surface area contributed by atoms with Crippen molar-refractivity contribution < 1.29 is 0 Å². The molecule has 2 aromatic heterocycles. The summed E-state index contributed by atoms with van der Waals surface area (Å²) in [6.45, 7) is 0. The topological polar surface area (TPSA) is 30.7 Å². The Kier molecular flexibility index (Phi) is 6.76. The van der Waals surface area contributed by atoms with Gasteiger partial charge in [0.2, 0.25) is 0 Å². The van der Waals surface area contributed by atoms with E-state index in [0.29, 0.717) is 0 Å². The molecule has 12 aromatic rings. The Balaban J connectivity index is 0.995. The van der Waals surface area contributed by atoms with Crippen molar-refractivity contribution in [3.8, 4) is 50.3 Å². The van der Waals surface area contributed by atoms with E-state index in [1.165, 1.54) is 88.2 Å². The molecular weight excluding hydrogens is 751 g/mol. The number of para-hydroxylation sites is 2. The molecule has 2 aliphatic carbocycles. The lowest BCUT2D eigenvalue weighted by Gasteiger charge is -2.31. The normalized spacial score (nSPS) is 13.3. The Morgan fingerprint density at radius 1 is 0.339 bits per heavy atom. The van der Waals surface area contributed by atoms with E-state index in [-0.39, 0.29) is 0 Å². The number of rotatable bonds is 3. The maximum atomic E-state index is 5.46. The molecule has 0 atom stereocenters. The zero-order valence-corrected chi connectivity index (χ0v) is 33.5. The monoisotopic (exact) mass is 785 g/mol. The minimum Gasteiger partial charge on any atom is -0.309 e. The summed E-state index contributed by atoms with van der Waals surface area (Å²) in [6, 6.07) is 75.9. The molecule has 286 valence electrons. The van der Waals surface area contributed by atoms with Crippen molar-refractivity contribution >= 4 is 54.4 Å². The van der Waals surface area contributed by atoms with Gasteiger partial charge in [-0.1, -0.05) is 164 Å². The summed E-state index contributed by atoms with van der Waals surface area (Å²) in [6.07, 6.45) is 1.97. The first-order chi connectivity index (χ1) is 30.8. The van der Waals surface area contributed by atoms with Gasteiger partial charge < -0.3 is 4.57 Å². The standard InChI is InChI=1S/C59H35N3/c1-2-14-39(15-3-1)62-55-25-13-10-20-46(55)49-32-36(28-31-56(49)62)37-26-29-44-45-30-27-38(54-35-60-57-47-21-6-4-16-40(47)41-17-5-7-22-48(41)58(57)61-54)34-53(45)59(52(44)33-37)50-23-11-8-18-42(50)43-19-9-12-24-51(43)59/h1-35H. The summed E-state index contributed by atoms with van der Waals surface area (Å²) in [5.41, 5.74) is 19.6. The maximum absolute atomic E-state index is 5.46. The van der Waals surface area contributed by atoms with Crippen molar-refractivity contribution in [3.05, 3.63) is 235 Å². The number of nitrogens with zero attached hydrogens (tertiary/aromatic N) is 3. The molecule has 3 nitrogen and oxygen atoms in total. The molecule has 0 N–H and O–H groups in total. The van der Waals surface area contributed by atoms with Crippen LogP contribution in [0.2, 0.25) is 0 Å². The fraction of sp³-hybridized carbons (Fsp3) is 0.0169. The average molecular weight is 786 g/mol. The van der Waals surface area contributed by atoms with Crippen molar-refractivity contribution in [2.75, 3.05) is 0 Å². The van der Waals surface area contributed by atoms with Crippen LogP contribution < -0.4 is 0 Å². The Morgan fingerprint density at radius 2 is 0.839 bits per heavy atom. The van der Waals surface area contributed by atoms with Crippen LogP contribution in [-0.4, -0.2) is 14.5 Å². The van der Waals surface area contributed by atoms with Crippen LogP contribution in [-0.2, 0) is 5.41 Å². The Morgan fingerprint density at radius 3 is 1.55 bits per heavy atom. The predicted octanol–water partition coefficient (Wildman–Crippen LogP) is 14.7. The highest BCUT2D eigenvalue weighted by atomic mass is 15.0. The van der Waals surface area contributed by atoms with E-state index in [0.717, 1.165) is 38.8 Å². The van der Waals surface area contributed by atoms with Gasteiger partial charge in [0.1, 0.15) is 0 Å². The Hall–Kier alpha value is -8.14. The van der Waals surface area contributed by atoms with Crippen LogP contribution in [0, 0.1) is 0 Å². The van der Waals surface area contributed by atoms with E-state index in [4.69, 9.17) is 9.97 Å². The third-order valence-corrected chi connectivity index (χ3v) is 13.8. The van der Waals surface area contributed by atoms with Crippen molar-refractivity contribution in [3.63, 3.8) is 0 Å². The first-order valence-corrected chi connectivity index (χ1v) is 21.4. The van der Waals surface area contributed by atoms with Gasteiger partial charge in [0.15, 0.2) is 0 Å². The molecule has 0 aliphatic heterocycles. The Labute approximate surface area is 357 Å².